The second-order valence-corrected chi connectivity index (χ2v) is 5.52. The summed E-state index contributed by atoms with van der Waals surface area (Å²) in [6.07, 6.45) is 2.51. The van der Waals surface area contributed by atoms with Crippen LogP contribution in [0.4, 0.5) is 0 Å². The zero-order valence-electron chi connectivity index (χ0n) is 12.1. The van der Waals surface area contributed by atoms with Gasteiger partial charge >= 0.3 is 0 Å². The molecule has 1 amide bonds. The molecule has 2 rings (SSSR count). The molecular formula is C14H24N4O. The minimum absolute atomic E-state index is 0.0897. The first kappa shape index (κ1) is 14.1. The molecule has 2 heterocycles. The lowest BCUT2D eigenvalue weighted by Gasteiger charge is -2.16. The Labute approximate surface area is 114 Å². The van der Waals surface area contributed by atoms with Gasteiger partial charge in [0.1, 0.15) is 5.82 Å². The van der Waals surface area contributed by atoms with E-state index in [-0.39, 0.29) is 5.91 Å². The normalized spacial score (nSPS) is 14.5. The Morgan fingerprint density at radius 1 is 1.53 bits per heavy atom. The summed E-state index contributed by atoms with van der Waals surface area (Å²) in [5.41, 5.74) is 2.48. The zero-order valence-corrected chi connectivity index (χ0v) is 12.1. The molecule has 0 bridgehead atoms. The molecule has 0 atom stereocenters. The predicted molar refractivity (Wildman–Crippen MR) is 74.9 cm³/mol. The van der Waals surface area contributed by atoms with Crippen molar-refractivity contribution in [2.75, 3.05) is 13.6 Å². The number of nitrogens with one attached hydrogen (secondary N) is 2. The highest BCUT2D eigenvalue weighted by molar-refractivity contribution is 5.75. The summed E-state index contributed by atoms with van der Waals surface area (Å²) in [4.78, 5) is 16.2. The molecule has 1 aromatic heterocycles. The number of rotatable bonds is 5. The van der Waals surface area contributed by atoms with Gasteiger partial charge in [-0.3, -0.25) is 4.79 Å². The quantitative estimate of drug-likeness (QED) is 0.829. The van der Waals surface area contributed by atoms with Crippen LogP contribution in [0.5, 0.6) is 0 Å². The van der Waals surface area contributed by atoms with Gasteiger partial charge < -0.3 is 15.2 Å². The van der Waals surface area contributed by atoms with Crippen LogP contribution in [-0.2, 0) is 30.7 Å². The fourth-order valence-electron chi connectivity index (χ4n) is 2.55. The predicted octanol–water partition coefficient (Wildman–Crippen LogP) is 0.863. The van der Waals surface area contributed by atoms with Crippen molar-refractivity contribution in [3.05, 3.63) is 17.2 Å². The van der Waals surface area contributed by atoms with Crippen molar-refractivity contribution in [2.24, 2.45) is 5.92 Å². The Morgan fingerprint density at radius 3 is 3.00 bits per heavy atom. The van der Waals surface area contributed by atoms with E-state index in [1.54, 1.807) is 7.05 Å². The van der Waals surface area contributed by atoms with Crippen LogP contribution < -0.4 is 10.6 Å². The van der Waals surface area contributed by atoms with Gasteiger partial charge in [-0.25, -0.2) is 4.98 Å². The maximum absolute atomic E-state index is 11.5. The number of fused-ring (bicyclic) bond motifs is 1. The summed E-state index contributed by atoms with van der Waals surface area (Å²) < 4.78 is 2.27. The number of nitrogens with zero attached hydrogens (tertiary/aromatic N) is 2. The van der Waals surface area contributed by atoms with E-state index in [0.717, 1.165) is 38.3 Å². The van der Waals surface area contributed by atoms with E-state index in [1.807, 2.05) is 0 Å². The number of amides is 1. The minimum atomic E-state index is 0.0897. The summed E-state index contributed by atoms with van der Waals surface area (Å²) in [7, 11) is 1.69. The number of aromatic nitrogens is 2. The first-order valence-corrected chi connectivity index (χ1v) is 7.10. The van der Waals surface area contributed by atoms with Crippen molar-refractivity contribution in [2.45, 2.75) is 46.2 Å². The third kappa shape index (κ3) is 3.35. The Bertz CT molecular complexity index is 451. The molecule has 0 radical (unpaired) electrons. The Balaban J connectivity index is 2.21. The van der Waals surface area contributed by atoms with Crippen LogP contribution in [0.3, 0.4) is 0 Å². The van der Waals surface area contributed by atoms with Gasteiger partial charge in [-0.15, -0.1) is 0 Å². The minimum Gasteiger partial charge on any atom is -0.359 e. The molecule has 5 heteroatoms. The third-order valence-corrected chi connectivity index (χ3v) is 3.50. The van der Waals surface area contributed by atoms with Crippen molar-refractivity contribution < 1.29 is 4.79 Å². The molecule has 0 fully saturated rings. The molecule has 1 aromatic rings. The van der Waals surface area contributed by atoms with Crippen LogP contribution in [0.15, 0.2) is 0 Å². The SMILES string of the molecule is CNC(=O)CCn1c(CC(C)C)nc2c1CCNC2. The van der Waals surface area contributed by atoms with Gasteiger partial charge in [0, 0.05) is 51.6 Å². The van der Waals surface area contributed by atoms with E-state index in [1.165, 1.54) is 11.4 Å². The van der Waals surface area contributed by atoms with Crippen LogP contribution in [0, 0.1) is 5.92 Å². The molecule has 0 aliphatic carbocycles. The third-order valence-electron chi connectivity index (χ3n) is 3.50. The summed E-state index contributed by atoms with van der Waals surface area (Å²) in [6.45, 7) is 7.00. The molecule has 106 valence electrons. The van der Waals surface area contributed by atoms with Crippen molar-refractivity contribution in [1.29, 1.82) is 0 Å². The maximum atomic E-state index is 11.5. The van der Waals surface area contributed by atoms with Gasteiger partial charge in [0.15, 0.2) is 0 Å². The highest BCUT2D eigenvalue weighted by Gasteiger charge is 2.20. The van der Waals surface area contributed by atoms with Crippen LogP contribution in [0.2, 0.25) is 0 Å². The Kier molecular flexibility index (Phi) is 4.58. The van der Waals surface area contributed by atoms with Gasteiger partial charge in [0.05, 0.1) is 5.69 Å². The van der Waals surface area contributed by atoms with E-state index in [2.05, 4.69) is 29.0 Å². The fraction of sp³-hybridized carbons (Fsp3) is 0.714. The molecule has 5 nitrogen and oxygen atoms in total. The Morgan fingerprint density at radius 2 is 2.32 bits per heavy atom. The molecule has 0 aromatic carbocycles. The largest absolute Gasteiger partial charge is 0.359 e. The van der Waals surface area contributed by atoms with E-state index in [4.69, 9.17) is 4.98 Å². The van der Waals surface area contributed by atoms with E-state index in [0.29, 0.717) is 12.3 Å². The van der Waals surface area contributed by atoms with E-state index < -0.39 is 0 Å². The highest BCUT2D eigenvalue weighted by Crippen LogP contribution is 2.19. The average molecular weight is 264 g/mol. The molecule has 1 aliphatic rings. The molecule has 0 spiro atoms. The monoisotopic (exact) mass is 264 g/mol. The van der Waals surface area contributed by atoms with Crippen molar-refractivity contribution in [3.63, 3.8) is 0 Å². The molecule has 0 saturated carbocycles. The molecule has 19 heavy (non-hydrogen) atoms. The number of hydrogen-bond donors (Lipinski definition) is 2. The maximum Gasteiger partial charge on any atom is 0.221 e. The first-order chi connectivity index (χ1) is 9.11. The summed E-state index contributed by atoms with van der Waals surface area (Å²) in [6, 6.07) is 0. The van der Waals surface area contributed by atoms with Gasteiger partial charge in [-0.05, 0) is 5.92 Å². The van der Waals surface area contributed by atoms with Gasteiger partial charge in [-0.1, -0.05) is 13.8 Å². The van der Waals surface area contributed by atoms with Gasteiger partial charge in [0.2, 0.25) is 5.91 Å². The average Bonchev–Trinajstić information content (AvgIpc) is 2.72. The van der Waals surface area contributed by atoms with E-state index in [9.17, 15) is 4.79 Å². The summed E-state index contributed by atoms with van der Waals surface area (Å²) in [5.74, 6) is 1.80. The van der Waals surface area contributed by atoms with Crippen LogP contribution in [0.25, 0.3) is 0 Å². The topological polar surface area (TPSA) is 59.0 Å². The molecule has 0 unspecified atom stereocenters. The molecule has 2 N–H and O–H groups in total. The van der Waals surface area contributed by atoms with Crippen molar-refractivity contribution >= 4 is 5.91 Å². The van der Waals surface area contributed by atoms with E-state index >= 15 is 0 Å². The standard InChI is InChI=1S/C14H24N4O/c1-10(2)8-13-17-11-9-16-6-4-12(11)18(13)7-5-14(19)15-3/h10,16H,4-9H2,1-3H3,(H,15,19). The lowest BCUT2D eigenvalue weighted by Crippen LogP contribution is -2.26. The molecule has 1 aliphatic heterocycles. The molecule has 0 saturated heterocycles. The summed E-state index contributed by atoms with van der Waals surface area (Å²) in [5, 5.41) is 6.04. The number of carbonyl (C=O) groups is 1. The second kappa shape index (κ2) is 6.19. The van der Waals surface area contributed by atoms with Crippen molar-refractivity contribution in [3.8, 4) is 0 Å². The molecular weight excluding hydrogens is 240 g/mol. The smallest absolute Gasteiger partial charge is 0.221 e. The van der Waals surface area contributed by atoms with Crippen LogP contribution >= 0.6 is 0 Å². The second-order valence-electron chi connectivity index (χ2n) is 5.52. The van der Waals surface area contributed by atoms with Gasteiger partial charge in [-0.2, -0.15) is 0 Å². The number of carbonyl (C=O) groups excluding carboxylic acids is 1. The first-order valence-electron chi connectivity index (χ1n) is 7.10. The number of hydrogen-bond acceptors (Lipinski definition) is 3. The highest BCUT2D eigenvalue weighted by atomic mass is 16.1. The zero-order chi connectivity index (χ0) is 13.8. The Hall–Kier alpha value is -1.36. The number of imidazole rings is 1. The fourth-order valence-corrected chi connectivity index (χ4v) is 2.55. The lowest BCUT2D eigenvalue weighted by molar-refractivity contribution is -0.120. The van der Waals surface area contributed by atoms with Crippen molar-refractivity contribution in [1.82, 2.24) is 20.2 Å². The summed E-state index contributed by atoms with van der Waals surface area (Å²) >= 11 is 0. The van der Waals surface area contributed by atoms with Crippen LogP contribution in [0.1, 0.15) is 37.5 Å². The lowest BCUT2D eigenvalue weighted by atomic mass is 10.1. The van der Waals surface area contributed by atoms with Gasteiger partial charge in [0.25, 0.3) is 0 Å². The van der Waals surface area contributed by atoms with Crippen LogP contribution in [-0.4, -0.2) is 29.1 Å².